The number of carbonyl (C=O) groups excluding carboxylic acids is 1. The Hall–Kier alpha value is -0.850. The van der Waals surface area contributed by atoms with Crippen LogP contribution in [0.2, 0.25) is 5.02 Å². The van der Waals surface area contributed by atoms with Crippen LogP contribution < -0.4 is 0 Å². The van der Waals surface area contributed by atoms with E-state index in [4.69, 9.17) is 22.3 Å². The van der Waals surface area contributed by atoms with Crippen molar-refractivity contribution < 1.29 is 17.6 Å². The summed E-state index contributed by atoms with van der Waals surface area (Å²) in [5.74, 6) is -1.45. The summed E-state index contributed by atoms with van der Waals surface area (Å²) < 4.78 is 36.8. The van der Waals surface area contributed by atoms with E-state index in [1.54, 1.807) is 0 Å². The molecule has 0 aliphatic rings. The molecule has 0 atom stereocenters. The molecule has 0 saturated heterocycles. The first-order valence-electron chi connectivity index (χ1n) is 6.23. The van der Waals surface area contributed by atoms with E-state index in [-0.39, 0.29) is 5.02 Å². The molecule has 0 N–H and O–H groups in total. The molecule has 118 valence electrons. The van der Waals surface area contributed by atoms with Gasteiger partial charge >= 0.3 is 0 Å². The Morgan fingerprint density at radius 3 is 2.43 bits per heavy atom. The normalized spacial score (nSPS) is 11.8. The van der Waals surface area contributed by atoms with E-state index in [1.165, 1.54) is 11.9 Å². The standard InChI is InChI=1S/C13H16Cl2FNO3S/c1-8(2)4-5-17(3)13(18)10-6-9(14)7-11(12(10)16)21(15,19)20/h6-8H,4-5H2,1-3H3. The molecule has 0 bridgehead atoms. The number of benzene rings is 1. The van der Waals surface area contributed by atoms with E-state index in [1.807, 2.05) is 13.8 Å². The molecule has 1 aromatic rings. The third-order valence-electron chi connectivity index (χ3n) is 2.89. The number of halogens is 3. The van der Waals surface area contributed by atoms with Gasteiger partial charge in [-0.3, -0.25) is 4.79 Å². The molecule has 1 aromatic carbocycles. The Morgan fingerprint density at radius 1 is 1.38 bits per heavy atom. The molecule has 0 aromatic heterocycles. The number of rotatable bonds is 5. The maximum absolute atomic E-state index is 14.2. The summed E-state index contributed by atoms with van der Waals surface area (Å²) in [6.45, 7) is 4.42. The van der Waals surface area contributed by atoms with Gasteiger partial charge in [-0.25, -0.2) is 12.8 Å². The molecule has 0 aliphatic carbocycles. The maximum atomic E-state index is 14.2. The molecular formula is C13H16Cl2FNO3S. The van der Waals surface area contributed by atoms with Crippen LogP contribution in [0, 0.1) is 11.7 Å². The Kier molecular flexibility index (Phi) is 6.01. The zero-order valence-corrected chi connectivity index (χ0v) is 14.2. The van der Waals surface area contributed by atoms with Gasteiger partial charge in [0, 0.05) is 29.3 Å². The van der Waals surface area contributed by atoms with Crippen molar-refractivity contribution >= 4 is 37.2 Å². The number of hydrogen-bond donors (Lipinski definition) is 0. The first-order valence-corrected chi connectivity index (χ1v) is 8.92. The molecule has 0 aliphatic heterocycles. The summed E-state index contributed by atoms with van der Waals surface area (Å²) in [5, 5.41) is -0.0729. The molecule has 8 heteroatoms. The highest BCUT2D eigenvalue weighted by atomic mass is 35.7. The van der Waals surface area contributed by atoms with Crippen LogP contribution >= 0.6 is 22.3 Å². The summed E-state index contributed by atoms with van der Waals surface area (Å²) in [4.78, 5) is 12.7. The summed E-state index contributed by atoms with van der Waals surface area (Å²) in [5.41, 5.74) is -0.409. The largest absolute Gasteiger partial charge is 0.342 e. The zero-order chi connectivity index (χ0) is 16.4. The lowest BCUT2D eigenvalue weighted by Gasteiger charge is -2.19. The van der Waals surface area contributed by atoms with Gasteiger partial charge in [0.25, 0.3) is 15.0 Å². The second-order valence-corrected chi connectivity index (χ2v) is 8.08. The predicted molar refractivity (Wildman–Crippen MR) is 80.9 cm³/mol. The van der Waals surface area contributed by atoms with Crippen molar-refractivity contribution in [2.24, 2.45) is 5.92 Å². The van der Waals surface area contributed by atoms with Crippen molar-refractivity contribution in [3.8, 4) is 0 Å². The van der Waals surface area contributed by atoms with Crippen LogP contribution in [0.3, 0.4) is 0 Å². The van der Waals surface area contributed by atoms with Gasteiger partial charge in [-0.15, -0.1) is 0 Å². The molecule has 0 heterocycles. The van der Waals surface area contributed by atoms with Crippen molar-refractivity contribution in [3.63, 3.8) is 0 Å². The zero-order valence-electron chi connectivity index (χ0n) is 11.9. The number of amides is 1. The van der Waals surface area contributed by atoms with E-state index in [2.05, 4.69) is 0 Å². The predicted octanol–water partition coefficient (Wildman–Crippen LogP) is 3.52. The van der Waals surface area contributed by atoms with Crippen molar-refractivity contribution in [1.29, 1.82) is 0 Å². The van der Waals surface area contributed by atoms with Crippen molar-refractivity contribution in [2.75, 3.05) is 13.6 Å². The van der Waals surface area contributed by atoms with E-state index in [0.29, 0.717) is 12.5 Å². The second kappa shape index (κ2) is 6.94. The third kappa shape index (κ3) is 4.83. The first kappa shape index (κ1) is 18.2. The minimum atomic E-state index is -4.32. The Labute approximate surface area is 133 Å². The Morgan fingerprint density at radius 2 is 1.95 bits per heavy atom. The van der Waals surface area contributed by atoms with E-state index >= 15 is 0 Å². The average molecular weight is 356 g/mol. The van der Waals surface area contributed by atoms with Gasteiger partial charge in [-0.2, -0.15) is 0 Å². The van der Waals surface area contributed by atoms with Crippen molar-refractivity contribution in [3.05, 3.63) is 28.5 Å². The van der Waals surface area contributed by atoms with Gasteiger partial charge in [0.1, 0.15) is 4.90 Å². The van der Waals surface area contributed by atoms with Gasteiger partial charge in [-0.05, 0) is 24.5 Å². The molecule has 0 fully saturated rings. The van der Waals surface area contributed by atoms with Gasteiger partial charge in [0.05, 0.1) is 5.56 Å². The van der Waals surface area contributed by atoms with Gasteiger partial charge in [0.15, 0.2) is 5.82 Å². The van der Waals surface area contributed by atoms with Crippen molar-refractivity contribution in [1.82, 2.24) is 4.90 Å². The highest BCUT2D eigenvalue weighted by Crippen LogP contribution is 2.27. The van der Waals surface area contributed by atoms with Crippen LogP contribution in [0.1, 0.15) is 30.6 Å². The van der Waals surface area contributed by atoms with Gasteiger partial charge in [0.2, 0.25) is 0 Å². The minimum absolute atomic E-state index is 0.0729. The molecule has 0 unspecified atom stereocenters. The summed E-state index contributed by atoms with van der Waals surface area (Å²) in [6.07, 6.45) is 0.741. The Bertz CT molecular complexity index is 647. The minimum Gasteiger partial charge on any atom is -0.342 e. The fraction of sp³-hybridized carbons (Fsp3) is 0.462. The highest BCUT2D eigenvalue weighted by Gasteiger charge is 2.25. The lowest BCUT2D eigenvalue weighted by molar-refractivity contribution is 0.0784. The number of carbonyl (C=O) groups is 1. The average Bonchev–Trinajstić information content (AvgIpc) is 2.36. The smallest absolute Gasteiger partial charge is 0.264 e. The monoisotopic (exact) mass is 355 g/mol. The van der Waals surface area contributed by atoms with E-state index in [0.717, 1.165) is 18.6 Å². The SMILES string of the molecule is CC(C)CCN(C)C(=O)c1cc(Cl)cc(S(=O)(=O)Cl)c1F. The number of nitrogens with zero attached hydrogens (tertiary/aromatic N) is 1. The molecular weight excluding hydrogens is 340 g/mol. The molecule has 0 saturated carbocycles. The quantitative estimate of drug-likeness (QED) is 0.759. The fourth-order valence-corrected chi connectivity index (χ4v) is 2.87. The van der Waals surface area contributed by atoms with Gasteiger partial charge in [-0.1, -0.05) is 25.4 Å². The first-order chi connectivity index (χ1) is 9.54. The lowest BCUT2D eigenvalue weighted by atomic mass is 10.1. The molecule has 21 heavy (non-hydrogen) atoms. The molecule has 4 nitrogen and oxygen atoms in total. The third-order valence-corrected chi connectivity index (χ3v) is 4.43. The van der Waals surface area contributed by atoms with Crippen LogP contribution in [0.4, 0.5) is 4.39 Å². The lowest BCUT2D eigenvalue weighted by Crippen LogP contribution is -2.29. The van der Waals surface area contributed by atoms with Crippen molar-refractivity contribution in [2.45, 2.75) is 25.2 Å². The molecule has 1 rings (SSSR count). The topological polar surface area (TPSA) is 54.5 Å². The maximum Gasteiger partial charge on any atom is 0.264 e. The van der Waals surface area contributed by atoms with Crippen LogP contribution in [-0.2, 0) is 9.05 Å². The van der Waals surface area contributed by atoms with Crippen LogP contribution in [0.25, 0.3) is 0 Å². The van der Waals surface area contributed by atoms with Gasteiger partial charge < -0.3 is 4.90 Å². The Balaban J connectivity index is 3.19. The highest BCUT2D eigenvalue weighted by molar-refractivity contribution is 8.13. The van der Waals surface area contributed by atoms with Crippen LogP contribution in [-0.4, -0.2) is 32.8 Å². The van der Waals surface area contributed by atoms with E-state index < -0.39 is 31.2 Å². The van der Waals surface area contributed by atoms with Crippen LogP contribution in [0.15, 0.2) is 17.0 Å². The van der Waals surface area contributed by atoms with E-state index in [9.17, 15) is 17.6 Å². The molecule has 0 radical (unpaired) electrons. The number of hydrogen-bond acceptors (Lipinski definition) is 3. The summed E-state index contributed by atoms with van der Waals surface area (Å²) >= 11 is 5.74. The second-order valence-electron chi connectivity index (χ2n) is 5.11. The van der Waals surface area contributed by atoms with Crippen LogP contribution in [0.5, 0.6) is 0 Å². The summed E-state index contributed by atoms with van der Waals surface area (Å²) in [7, 11) is 2.34. The fourth-order valence-electron chi connectivity index (χ4n) is 1.66. The molecule has 1 amide bonds. The molecule has 0 spiro atoms. The summed E-state index contributed by atoms with van der Waals surface area (Å²) in [6, 6.07) is 1.97.